The predicted octanol–water partition coefficient (Wildman–Crippen LogP) is 4.57. The Morgan fingerprint density at radius 2 is 2.24 bits per heavy atom. The molecular formula is C14H13BrN4S2. The van der Waals surface area contributed by atoms with E-state index in [1.165, 1.54) is 0 Å². The Kier molecular flexibility index (Phi) is 4.72. The molecule has 0 radical (unpaired) electrons. The highest BCUT2D eigenvalue weighted by Gasteiger charge is 2.10. The van der Waals surface area contributed by atoms with Gasteiger partial charge in [-0.05, 0) is 46.4 Å². The van der Waals surface area contributed by atoms with Crippen molar-refractivity contribution < 1.29 is 0 Å². The largest absolute Gasteiger partial charge is 0.370 e. The van der Waals surface area contributed by atoms with E-state index in [-0.39, 0.29) is 0 Å². The monoisotopic (exact) mass is 380 g/mol. The Morgan fingerprint density at radius 1 is 1.33 bits per heavy atom. The minimum absolute atomic E-state index is 0.696. The van der Waals surface area contributed by atoms with Gasteiger partial charge >= 0.3 is 0 Å². The molecule has 0 aliphatic rings. The van der Waals surface area contributed by atoms with E-state index in [0.29, 0.717) is 5.75 Å². The number of thiophene rings is 1. The molecule has 108 valence electrons. The van der Waals surface area contributed by atoms with Crippen molar-refractivity contribution in [2.24, 2.45) is 0 Å². The van der Waals surface area contributed by atoms with E-state index in [9.17, 15) is 0 Å². The molecule has 4 nitrogen and oxygen atoms in total. The number of pyridine rings is 1. The van der Waals surface area contributed by atoms with Crippen LogP contribution in [0.4, 0.5) is 5.82 Å². The molecular weight excluding hydrogens is 368 g/mol. The summed E-state index contributed by atoms with van der Waals surface area (Å²) >= 11 is 6.78. The Bertz CT molecular complexity index is 760. The zero-order chi connectivity index (χ0) is 14.7. The molecule has 0 aliphatic carbocycles. The normalized spacial score (nSPS) is 11.0. The lowest BCUT2D eigenvalue weighted by Gasteiger charge is -2.07. The second-order valence-electron chi connectivity index (χ2n) is 4.24. The number of aromatic nitrogens is 3. The van der Waals surface area contributed by atoms with Crippen LogP contribution < -0.4 is 5.32 Å². The van der Waals surface area contributed by atoms with Crippen molar-refractivity contribution in [2.75, 3.05) is 11.9 Å². The van der Waals surface area contributed by atoms with E-state index in [4.69, 9.17) is 0 Å². The van der Waals surface area contributed by atoms with Crippen LogP contribution in [0.2, 0.25) is 0 Å². The first kappa shape index (κ1) is 14.7. The zero-order valence-corrected chi connectivity index (χ0v) is 14.6. The Balaban J connectivity index is 1.85. The van der Waals surface area contributed by atoms with Gasteiger partial charge in [0.1, 0.15) is 21.5 Å². The summed E-state index contributed by atoms with van der Waals surface area (Å²) in [7, 11) is 0. The number of halogens is 1. The number of thioether (sulfide) groups is 1. The molecule has 0 bridgehead atoms. The molecule has 3 aromatic rings. The van der Waals surface area contributed by atoms with Gasteiger partial charge in [0.25, 0.3) is 0 Å². The lowest BCUT2D eigenvalue weighted by atomic mass is 10.3. The molecule has 0 unspecified atom stereocenters. The molecule has 21 heavy (non-hydrogen) atoms. The summed E-state index contributed by atoms with van der Waals surface area (Å²) in [4.78, 5) is 14.6. The fourth-order valence-electron chi connectivity index (χ4n) is 1.88. The summed E-state index contributed by atoms with van der Waals surface area (Å²) in [6.07, 6.45) is 1.79. The molecule has 0 atom stereocenters. The molecule has 0 saturated heterocycles. The van der Waals surface area contributed by atoms with Crippen LogP contribution >= 0.6 is 39.0 Å². The fourth-order valence-corrected chi connectivity index (χ4v) is 3.99. The van der Waals surface area contributed by atoms with Gasteiger partial charge in [-0.1, -0.05) is 11.8 Å². The van der Waals surface area contributed by atoms with Crippen LogP contribution in [0.1, 0.15) is 12.7 Å². The maximum absolute atomic E-state index is 4.63. The Hall–Kier alpha value is -1.18. The van der Waals surface area contributed by atoms with Gasteiger partial charge in [0.05, 0.1) is 11.1 Å². The lowest BCUT2D eigenvalue weighted by molar-refractivity contribution is 1.04. The van der Waals surface area contributed by atoms with Gasteiger partial charge in [-0.3, -0.25) is 0 Å². The highest BCUT2D eigenvalue weighted by atomic mass is 79.9. The molecule has 0 aliphatic heterocycles. The SMILES string of the molecule is CCNc1nc(CSc2ncccc2Br)nc2sccc12. The van der Waals surface area contributed by atoms with Gasteiger partial charge in [-0.25, -0.2) is 15.0 Å². The molecule has 1 N–H and O–H groups in total. The molecule has 0 saturated carbocycles. The Labute approximate surface area is 139 Å². The van der Waals surface area contributed by atoms with Crippen LogP contribution in [0.25, 0.3) is 10.2 Å². The van der Waals surface area contributed by atoms with E-state index in [2.05, 4.69) is 49.2 Å². The van der Waals surface area contributed by atoms with Gasteiger partial charge in [0.15, 0.2) is 0 Å². The van der Waals surface area contributed by atoms with Crippen molar-refractivity contribution in [3.05, 3.63) is 40.1 Å². The van der Waals surface area contributed by atoms with Crippen molar-refractivity contribution in [1.29, 1.82) is 0 Å². The van der Waals surface area contributed by atoms with Crippen molar-refractivity contribution >= 4 is 55.1 Å². The van der Waals surface area contributed by atoms with Crippen molar-refractivity contribution in [1.82, 2.24) is 15.0 Å². The van der Waals surface area contributed by atoms with Gasteiger partial charge < -0.3 is 5.32 Å². The topological polar surface area (TPSA) is 50.7 Å². The third-order valence-corrected chi connectivity index (χ3v) is 5.49. The van der Waals surface area contributed by atoms with Crippen molar-refractivity contribution in [3.63, 3.8) is 0 Å². The number of rotatable bonds is 5. The van der Waals surface area contributed by atoms with Gasteiger partial charge in [-0.15, -0.1) is 11.3 Å². The summed E-state index contributed by atoms with van der Waals surface area (Å²) in [6, 6.07) is 5.96. The van der Waals surface area contributed by atoms with Crippen LogP contribution in [0.5, 0.6) is 0 Å². The van der Waals surface area contributed by atoms with Gasteiger partial charge in [0, 0.05) is 17.2 Å². The lowest BCUT2D eigenvalue weighted by Crippen LogP contribution is -2.03. The second-order valence-corrected chi connectivity index (χ2v) is 6.95. The maximum Gasteiger partial charge on any atom is 0.142 e. The average Bonchev–Trinajstić information content (AvgIpc) is 2.95. The summed E-state index contributed by atoms with van der Waals surface area (Å²) in [5.74, 6) is 2.44. The average molecular weight is 381 g/mol. The number of nitrogens with zero attached hydrogens (tertiary/aromatic N) is 3. The summed E-state index contributed by atoms with van der Waals surface area (Å²) in [5, 5.41) is 7.40. The standard InChI is InChI=1S/C14H13BrN4S2/c1-2-16-12-9-5-7-20-13(9)19-11(18-12)8-21-14-10(15)4-3-6-17-14/h3-7H,2,8H2,1H3,(H,16,18,19). The fraction of sp³-hybridized carbons (Fsp3) is 0.214. The van der Waals surface area contributed by atoms with E-state index in [1.807, 2.05) is 17.5 Å². The first-order chi connectivity index (χ1) is 10.3. The van der Waals surface area contributed by atoms with E-state index >= 15 is 0 Å². The summed E-state index contributed by atoms with van der Waals surface area (Å²) < 4.78 is 0.999. The molecule has 0 spiro atoms. The predicted molar refractivity (Wildman–Crippen MR) is 93.1 cm³/mol. The molecule has 3 aromatic heterocycles. The number of fused-ring (bicyclic) bond motifs is 1. The van der Waals surface area contributed by atoms with Crippen LogP contribution in [0.15, 0.2) is 39.3 Å². The highest BCUT2D eigenvalue weighted by molar-refractivity contribution is 9.10. The second kappa shape index (κ2) is 6.72. The third-order valence-electron chi connectivity index (χ3n) is 2.78. The minimum Gasteiger partial charge on any atom is -0.370 e. The number of hydrogen-bond acceptors (Lipinski definition) is 6. The quantitative estimate of drug-likeness (QED) is 0.656. The van der Waals surface area contributed by atoms with E-state index in [0.717, 1.165) is 37.9 Å². The molecule has 3 heterocycles. The number of hydrogen-bond donors (Lipinski definition) is 1. The van der Waals surface area contributed by atoms with Gasteiger partial charge in [0.2, 0.25) is 0 Å². The molecule has 3 rings (SSSR count). The van der Waals surface area contributed by atoms with Crippen LogP contribution in [0, 0.1) is 0 Å². The van der Waals surface area contributed by atoms with Crippen LogP contribution in [-0.2, 0) is 5.75 Å². The first-order valence-corrected chi connectivity index (χ1v) is 9.15. The van der Waals surface area contributed by atoms with Crippen LogP contribution in [0.3, 0.4) is 0 Å². The minimum atomic E-state index is 0.696. The highest BCUT2D eigenvalue weighted by Crippen LogP contribution is 2.29. The van der Waals surface area contributed by atoms with Gasteiger partial charge in [-0.2, -0.15) is 0 Å². The molecule has 7 heteroatoms. The van der Waals surface area contributed by atoms with E-state index in [1.54, 1.807) is 29.3 Å². The third kappa shape index (κ3) is 3.36. The number of anilines is 1. The zero-order valence-electron chi connectivity index (χ0n) is 11.3. The molecule has 0 fully saturated rings. The summed E-state index contributed by atoms with van der Waals surface area (Å²) in [5.41, 5.74) is 0. The Morgan fingerprint density at radius 3 is 3.05 bits per heavy atom. The molecule has 0 aromatic carbocycles. The molecule has 0 amide bonds. The van der Waals surface area contributed by atoms with Crippen molar-refractivity contribution in [3.8, 4) is 0 Å². The van der Waals surface area contributed by atoms with Crippen molar-refractivity contribution in [2.45, 2.75) is 17.7 Å². The smallest absolute Gasteiger partial charge is 0.142 e. The number of nitrogens with one attached hydrogen (secondary N) is 1. The first-order valence-electron chi connectivity index (χ1n) is 6.49. The van der Waals surface area contributed by atoms with Crippen LogP contribution in [-0.4, -0.2) is 21.5 Å². The van der Waals surface area contributed by atoms with E-state index < -0.39 is 0 Å². The summed E-state index contributed by atoms with van der Waals surface area (Å²) in [6.45, 7) is 2.92. The maximum atomic E-state index is 4.63.